The summed E-state index contributed by atoms with van der Waals surface area (Å²) in [7, 11) is 1.73. The predicted octanol–water partition coefficient (Wildman–Crippen LogP) is 3.94. The molecule has 0 radical (unpaired) electrons. The Hall–Kier alpha value is -2.40. The summed E-state index contributed by atoms with van der Waals surface area (Å²) >= 11 is 6.20. The number of carbonyl (C=O) groups is 1. The van der Waals surface area contributed by atoms with Crippen LogP contribution in [0.4, 0.5) is 0 Å². The van der Waals surface area contributed by atoms with Crippen LogP contribution in [0.2, 0.25) is 5.02 Å². The number of likely N-dealkylation sites (N-methyl/N-ethyl adjacent to an activating group) is 1. The second kappa shape index (κ2) is 7.01. The first-order valence-electron chi connectivity index (χ1n) is 7.63. The van der Waals surface area contributed by atoms with Crippen LogP contribution in [0.25, 0.3) is 6.08 Å². The summed E-state index contributed by atoms with van der Waals surface area (Å²) in [5.74, 6) is 1.75. The molecule has 1 unspecified atom stereocenters. The second-order valence-electron chi connectivity index (χ2n) is 5.50. The molecule has 0 aliphatic carbocycles. The minimum Gasteiger partial charge on any atom is -0.486 e. The number of furan rings is 1. The minimum absolute atomic E-state index is 0.134. The summed E-state index contributed by atoms with van der Waals surface area (Å²) in [5, 5.41) is 0.469. The van der Waals surface area contributed by atoms with Gasteiger partial charge in [0, 0.05) is 13.1 Å². The number of amides is 1. The highest BCUT2D eigenvalue weighted by molar-refractivity contribution is 6.32. The highest BCUT2D eigenvalue weighted by atomic mass is 35.5. The van der Waals surface area contributed by atoms with Crippen molar-refractivity contribution in [1.82, 2.24) is 4.90 Å². The summed E-state index contributed by atoms with van der Waals surface area (Å²) in [6, 6.07) is 7.05. The number of nitrogens with zero attached hydrogens (tertiary/aromatic N) is 1. The van der Waals surface area contributed by atoms with Crippen LogP contribution in [0.3, 0.4) is 0 Å². The van der Waals surface area contributed by atoms with E-state index in [1.54, 1.807) is 42.5 Å². The molecule has 1 aliphatic heterocycles. The normalized spacial score (nSPS) is 14.6. The molecule has 1 aromatic carbocycles. The van der Waals surface area contributed by atoms with E-state index in [-0.39, 0.29) is 11.9 Å². The van der Waals surface area contributed by atoms with Gasteiger partial charge in [-0.1, -0.05) is 11.6 Å². The predicted molar refractivity (Wildman–Crippen MR) is 91.4 cm³/mol. The summed E-state index contributed by atoms with van der Waals surface area (Å²) in [6.45, 7) is 2.88. The summed E-state index contributed by atoms with van der Waals surface area (Å²) < 4.78 is 16.4. The monoisotopic (exact) mass is 347 g/mol. The molecule has 1 aliphatic rings. The molecule has 0 saturated heterocycles. The van der Waals surface area contributed by atoms with Gasteiger partial charge < -0.3 is 18.8 Å². The van der Waals surface area contributed by atoms with Gasteiger partial charge in [0.15, 0.2) is 11.5 Å². The topological polar surface area (TPSA) is 51.9 Å². The Morgan fingerprint density at radius 3 is 2.88 bits per heavy atom. The Balaban J connectivity index is 1.73. The Bertz CT molecular complexity index is 755. The van der Waals surface area contributed by atoms with E-state index >= 15 is 0 Å². The van der Waals surface area contributed by atoms with E-state index < -0.39 is 0 Å². The molecular weight excluding hydrogens is 330 g/mol. The van der Waals surface area contributed by atoms with Crippen LogP contribution < -0.4 is 9.47 Å². The third-order valence-electron chi connectivity index (χ3n) is 3.92. The highest BCUT2D eigenvalue weighted by Gasteiger charge is 2.18. The van der Waals surface area contributed by atoms with Crippen LogP contribution >= 0.6 is 11.6 Å². The van der Waals surface area contributed by atoms with Crippen molar-refractivity contribution in [2.45, 2.75) is 13.0 Å². The fourth-order valence-electron chi connectivity index (χ4n) is 2.42. The van der Waals surface area contributed by atoms with Crippen LogP contribution in [0.1, 0.15) is 24.3 Å². The Morgan fingerprint density at radius 1 is 1.33 bits per heavy atom. The number of benzene rings is 1. The molecule has 1 atom stereocenters. The Labute approximate surface area is 145 Å². The largest absolute Gasteiger partial charge is 0.486 e. The van der Waals surface area contributed by atoms with E-state index in [4.69, 9.17) is 25.5 Å². The second-order valence-corrected chi connectivity index (χ2v) is 5.91. The van der Waals surface area contributed by atoms with Crippen molar-refractivity contribution in [1.29, 1.82) is 0 Å². The molecule has 24 heavy (non-hydrogen) atoms. The molecule has 1 amide bonds. The molecule has 0 spiro atoms. The fraction of sp³-hybridized carbons (Fsp3) is 0.278. The van der Waals surface area contributed by atoms with Crippen LogP contribution in [-0.4, -0.2) is 31.1 Å². The van der Waals surface area contributed by atoms with E-state index in [2.05, 4.69) is 0 Å². The number of rotatable bonds is 4. The van der Waals surface area contributed by atoms with E-state index in [9.17, 15) is 4.79 Å². The van der Waals surface area contributed by atoms with Crippen molar-refractivity contribution in [3.8, 4) is 11.5 Å². The first kappa shape index (κ1) is 16.5. The zero-order valence-corrected chi connectivity index (χ0v) is 14.2. The molecule has 1 aromatic heterocycles. The molecule has 2 aromatic rings. The van der Waals surface area contributed by atoms with Gasteiger partial charge in [-0.25, -0.2) is 0 Å². The number of halogens is 1. The van der Waals surface area contributed by atoms with Gasteiger partial charge in [0.1, 0.15) is 19.0 Å². The van der Waals surface area contributed by atoms with Crippen molar-refractivity contribution in [3.63, 3.8) is 0 Å². The third kappa shape index (κ3) is 3.41. The number of fused-ring (bicyclic) bond motifs is 1. The smallest absolute Gasteiger partial charge is 0.246 e. The average molecular weight is 348 g/mol. The van der Waals surface area contributed by atoms with E-state index in [1.165, 1.54) is 6.08 Å². The van der Waals surface area contributed by atoms with Gasteiger partial charge in [-0.3, -0.25) is 4.79 Å². The van der Waals surface area contributed by atoms with Gasteiger partial charge in [0.2, 0.25) is 5.91 Å². The van der Waals surface area contributed by atoms with E-state index in [1.807, 2.05) is 13.0 Å². The number of ether oxygens (including phenoxy) is 2. The maximum Gasteiger partial charge on any atom is 0.246 e. The van der Waals surface area contributed by atoms with Gasteiger partial charge >= 0.3 is 0 Å². The number of hydrogen-bond acceptors (Lipinski definition) is 4. The molecular formula is C18H18ClNO4. The Morgan fingerprint density at radius 2 is 2.12 bits per heavy atom. The molecule has 126 valence electrons. The molecule has 0 N–H and O–H groups in total. The fourth-order valence-corrected chi connectivity index (χ4v) is 2.70. The van der Waals surface area contributed by atoms with Gasteiger partial charge in [-0.15, -0.1) is 0 Å². The zero-order valence-electron chi connectivity index (χ0n) is 13.5. The molecule has 0 bridgehead atoms. The van der Waals surface area contributed by atoms with Crippen molar-refractivity contribution in [3.05, 3.63) is 53.0 Å². The van der Waals surface area contributed by atoms with Crippen LogP contribution in [0.5, 0.6) is 11.5 Å². The summed E-state index contributed by atoms with van der Waals surface area (Å²) in [4.78, 5) is 13.9. The summed E-state index contributed by atoms with van der Waals surface area (Å²) in [6.07, 6.45) is 4.80. The zero-order chi connectivity index (χ0) is 17.1. The standard InChI is InChI=1S/C18H18ClNO4/c1-12(15-4-3-7-22-15)20(2)17(21)6-5-13-10-14(19)18-16(11-13)23-8-9-24-18/h3-7,10-12H,8-9H2,1-2H3/b6-5+. The number of carbonyl (C=O) groups excluding carboxylic acids is 1. The van der Waals surface area contributed by atoms with Gasteiger partial charge in [-0.05, 0) is 42.8 Å². The molecule has 5 nitrogen and oxygen atoms in total. The lowest BCUT2D eigenvalue weighted by Gasteiger charge is -2.22. The van der Waals surface area contributed by atoms with Crippen molar-refractivity contribution in [2.24, 2.45) is 0 Å². The van der Waals surface area contributed by atoms with E-state index in [0.717, 1.165) is 11.3 Å². The summed E-state index contributed by atoms with van der Waals surface area (Å²) in [5.41, 5.74) is 0.775. The third-order valence-corrected chi connectivity index (χ3v) is 4.20. The van der Waals surface area contributed by atoms with Crippen LogP contribution in [-0.2, 0) is 4.79 Å². The molecule has 6 heteroatoms. The molecule has 0 fully saturated rings. The van der Waals surface area contributed by atoms with E-state index in [0.29, 0.717) is 29.7 Å². The van der Waals surface area contributed by atoms with Gasteiger partial charge in [0.05, 0.1) is 17.3 Å². The quantitative estimate of drug-likeness (QED) is 0.786. The maximum absolute atomic E-state index is 12.3. The molecule has 3 rings (SSSR count). The van der Waals surface area contributed by atoms with Gasteiger partial charge in [-0.2, -0.15) is 0 Å². The minimum atomic E-state index is -0.152. The lowest BCUT2D eigenvalue weighted by Crippen LogP contribution is -2.27. The number of hydrogen-bond donors (Lipinski definition) is 0. The highest BCUT2D eigenvalue weighted by Crippen LogP contribution is 2.38. The lowest BCUT2D eigenvalue weighted by molar-refractivity contribution is -0.126. The first-order valence-corrected chi connectivity index (χ1v) is 8.01. The maximum atomic E-state index is 12.3. The first-order chi connectivity index (χ1) is 11.6. The van der Waals surface area contributed by atoms with Crippen LogP contribution in [0.15, 0.2) is 41.0 Å². The van der Waals surface area contributed by atoms with Crippen molar-refractivity contribution >= 4 is 23.6 Å². The van der Waals surface area contributed by atoms with Crippen molar-refractivity contribution in [2.75, 3.05) is 20.3 Å². The van der Waals surface area contributed by atoms with Crippen LogP contribution in [0, 0.1) is 0 Å². The SMILES string of the molecule is CC(c1ccco1)N(C)C(=O)/C=C/c1cc(Cl)c2c(c1)OCCO2. The van der Waals surface area contributed by atoms with Crippen molar-refractivity contribution < 1.29 is 18.7 Å². The average Bonchev–Trinajstić information content (AvgIpc) is 3.13. The Kier molecular flexibility index (Phi) is 4.81. The van der Waals surface area contributed by atoms with Gasteiger partial charge in [0.25, 0.3) is 0 Å². The molecule has 2 heterocycles. The lowest BCUT2D eigenvalue weighted by atomic mass is 10.1. The molecule has 0 saturated carbocycles.